The van der Waals surface area contributed by atoms with Crippen LogP contribution < -0.4 is 15.0 Å². The first kappa shape index (κ1) is 21.1. The van der Waals surface area contributed by atoms with E-state index in [9.17, 15) is 9.59 Å². The maximum Gasteiger partial charge on any atom is 0.258 e. The molecule has 3 aromatic rings. The molecule has 0 fully saturated rings. The summed E-state index contributed by atoms with van der Waals surface area (Å²) in [7, 11) is 1.60. The summed E-state index contributed by atoms with van der Waals surface area (Å²) in [4.78, 5) is 27.5. The van der Waals surface area contributed by atoms with E-state index >= 15 is 0 Å². The number of rotatable bonds is 5. The van der Waals surface area contributed by atoms with Crippen molar-refractivity contribution in [2.45, 2.75) is 25.9 Å². The van der Waals surface area contributed by atoms with Crippen molar-refractivity contribution in [3.05, 3.63) is 93.5 Å². The Labute approximate surface area is 190 Å². The lowest BCUT2D eigenvalue weighted by Crippen LogP contribution is -2.35. The Morgan fingerprint density at radius 1 is 1.03 bits per heavy atom. The predicted octanol–water partition coefficient (Wildman–Crippen LogP) is 4.98. The molecule has 6 heteroatoms. The lowest BCUT2D eigenvalue weighted by molar-refractivity contribution is 0.0948. The topological polar surface area (TPSA) is 58.6 Å². The van der Waals surface area contributed by atoms with Crippen molar-refractivity contribution in [2.75, 3.05) is 12.0 Å². The number of ether oxygens (including phenoxy) is 1. The van der Waals surface area contributed by atoms with E-state index in [1.807, 2.05) is 35.2 Å². The third kappa shape index (κ3) is 4.49. The molecule has 158 valence electrons. The van der Waals surface area contributed by atoms with Gasteiger partial charge in [0.15, 0.2) is 0 Å². The molecule has 1 heterocycles. The summed E-state index contributed by atoms with van der Waals surface area (Å²) in [5.41, 5.74) is 4.22. The fraction of sp³-hybridized carbons (Fsp3) is 0.200. The Morgan fingerprint density at radius 2 is 1.71 bits per heavy atom. The van der Waals surface area contributed by atoms with E-state index in [-0.39, 0.29) is 17.9 Å². The van der Waals surface area contributed by atoms with Gasteiger partial charge in [0.05, 0.1) is 7.11 Å². The SMILES string of the molecule is COc1ccc(C(=O)N2c3cc(CNC(=O)c4ccc(Br)cc4)ccc3C[C@@H]2C)cc1. The minimum atomic E-state index is -0.132. The highest BCUT2D eigenvalue weighted by molar-refractivity contribution is 9.10. The lowest BCUT2D eigenvalue weighted by Gasteiger charge is -2.23. The normalized spacial score (nSPS) is 14.8. The second-order valence-corrected chi connectivity index (χ2v) is 8.53. The minimum Gasteiger partial charge on any atom is -0.497 e. The number of anilines is 1. The van der Waals surface area contributed by atoms with Crippen molar-refractivity contribution in [3.8, 4) is 5.75 Å². The molecule has 1 aliphatic heterocycles. The van der Waals surface area contributed by atoms with Crippen LogP contribution in [0.25, 0.3) is 0 Å². The number of halogens is 1. The molecule has 0 aromatic heterocycles. The van der Waals surface area contributed by atoms with Gasteiger partial charge < -0.3 is 15.0 Å². The second-order valence-electron chi connectivity index (χ2n) is 7.61. The summed E-state index contributed by atoms with van der Waals surface area (Å²) < 4.78 is 6.12. The molecule has 0 radical (unpaired) electrons. The lowest BCUT2D eigenvalue weighted by atomic mass is 10.1. The molecule has 0 bridgehead atoms. The Hall–Kier alpha value is -3.12. The van der Waals surface area contributed by atoms with Crippen molar-refractivity contribution >= 4 is 33.4 Å². The second kappa shape index (κ2) is 8.94. The third-order valence-electron chi connectivity index (χ3n) is 5.48. The molecule has 31 heavy (non-hydrogen) atoms. The zero-order chi connectivity index (χ0) is 22.0. The number of hydrogen-bond donors (Lipinski definition) is 1. The predicted molar refractivity (Wildman–Crippen MR) is 125 cm³/mol. The molecule has 1 N–H and O–H groups in total. The van der Waals surface area contributed by atoms with Crippen molar-refractivity contribution < 1.29 is 14.3 Å². The van der Waals surface area contributed by atoms with Crippen LogP contribution in [0, 0.1) is 0 Å². The summed E-state index contributed by atoms with van der Waals surface area (Å²) in [5.74, 6) is 0.549. The van der Waals surface area contributed by atoms with Gasteiger partial charge in [-0.05, 0) is 79.1 Å². The largest absolute Gasteiger partial charge is 0.497 e. The van der Waals surface area contributed by atoms with E-state index in [2.05, 4.69) is 28.2 Å². The summed E-state index contributed by atoms with van der Waals surface area (Å²) in [6.07, 6.45) is 0.808. The van der Waals surface area contributed by atoms with E-state index in [0.29, 0.717) is 17.7 Å². The number of fused-ring (bicyclic) bond motifs is 1. The van der Waals surface area contributed by atoms with Gasteiger partial charge in [-0.1, -0.05) is 28.1 Å². The van der Waals surface area contributed by atoms with Crippen LogP contribution >= 0.6 is 15.9 Å². The van der Waals surface area contributed by atoms with Crippen LogP contribution in [-0.4, -0.2) is 25.0 Å². The highest BCUT2D eigenvalue weighted by Crippen LogP contribution is 2.34. The first-order chi connectivity index (χ1) is 15.0. The van der Waals surface area contributed by atoms with Crippen LogP contribution in [0.2, 0.25) is 0 Å². The molecule has 4 rings (SSSR count). The van der Waals surface area contributed by atoms with Gasteiger partial charge in [0.25, 0.3) is 11.8 Å². The zero-order valence-electron chi connectivity index (χ0n) is 17.4. The van der Waals surface area contributed by atoms with E-state index < -0.39 is 0 Å². The number of nitrogens with one attached hydrogen (secondary N) is 1. The molecule has 0 aliphatic carbocycles. The Balaban J connectivity index is 1.51. The van der Waals surface area contributed by atoms with Crippen LogP contribution in [0.1, 0.15) is 38.8 Å². The number of amides is 2. The van der Waals surface area contributed by atoms with Crippen LogP contribution in [-0.2, 0) is 13.0 Å². The van der Waals surface area contributed by atoms with E-state index in [4.69, 9.17) is 4.74 Å². The number of carbonyl (C=O) groups excluding carboxylic acids is 2. The van der Waals surface area contributed by atoms with Gasteiger partial charge in [-0.15, -0.1) is 0 Å². The standard InChI is InChI=1S/C25H23BrN2O3/c1-16-13-20-4-3-17(15-27-24(29)18-5-9-21(26)10-6-18)14-23(20)28(16)25(30)19-7-11-22(31-2)12-8-19/h3-12,14,16H,13,15H2,1-2H3,(H,27,29)/t16-/m0/s1. The van der Waals surface area contributed by atoms with Gasteiger partial charge in [-0.3, -0.25) is 9.59 Å². The fourth-order valence-corrected chi connectivity index (χ4v) is 4.10. The van der Waals surface area contributed by atoms with Gasteiger partial charge in [0.2, 0.25) is 0 Å². The maximum absolute atomic E-state index is 13.2. The molecule has 2 amide bonds. The van der Waals surface area contributed by atoms with Crippen LogP contribution in [0.4, 0.5) is 5.69 Å². The van der Waals surface area contributed by atoms with Gasteiger partial charge >= 0.3 is 0 Å². The summed E-state index contributed by atoms with van der Waals surface area (Å²) in [6.45, 7) is 2.44. The smallest absolute Gasteiger partial charge is 0.258 e. The first-order valence-corrected chi connectivity index (χ1v) is 10.9. The Morgan fingerprint density at radius 3 is 2.39 bits per heavy atom. The molecule has 1 atom stereocenters. The Kier molecular flexibility index (Phi) is 6.09. The Bertz CT molecular complexity index is 1110. The molecule has 5 nitrogen and oxygen atoms in total. The van der Waals surface area contributed by atoms with Crippen LogP contribution in [0.3, 0.4) is 0 Å². The molecule has 0 unspecified atom stereocenters. The maximum atomic E-state index is 13.2. The van der Waals surface area contributed by atoms with Crippen molar-refractivity contribution in [2.24, 2.45) is 0 Å². The van der Waals surface area contributed by atoms with Crippen molar-refractivity contribution in [3.63, 3.8) is 0 Å². The number of carbonyl (C=O) groups is 2. The van der Waals surface area contributed by atoms with Crippen LogP contribution in [0.15, 0.2) is 71.2 Å². The van der Waals surface area contributed by atoms with E-state index in [0.717, 1.165) is 33.5 Å². The highest BCUT2D eigenvalue weighted by atomic mass is 79.9. The molecule has 0 spiro atoms. The van der Waals surface area contributed by atoms with E-state index in [1.54, 1.807) is 43.5 Å². The zero-order valence-corrected chi connectivity index (χ0v) is 19.0. The van der Waals surface area contributed by atoms with E-state index in [1.165, 1.54) is 0 Å². The average Bonchev–Trinajstić information content (AvgIpc) is 3.12. The van der Waals surface area contributed by atoms with Gasteiger partial charge in [-0.2, -0.15) is 0 Å². The quantitative estimate of drug-likeness (QED) is 0.562. The molecular weight excluding hydrogens is 456 g/mol. The van der Waals surface area contributed by atoms with Crippen molar-refractivity contribution in [1.29, 1.82) is 0 Å². The molecule has 3 aromatic carbocycles. The number of benzene rings is 3. The monoisotopic (exact) mass is 478 g/mol. The van der Waals surface area contributed by atoms with Gasteiger partial charge in [0.1, 0.15) is 5.75 Å². The minimum absolute atomic E-state index is 0.0371. The number of nitrogens with zero attached hydrogens (tertiary/aromatic N) is 1. The molecular formula is C25H23BrN2O3. The first-order valence-electron chi connectivity index (χ1n) is 10.1. The summed E-state index contributed by atoms with van der Waals surface area (Å²) in [6, 6.07) is 20.5. The highest BCUT2D eigenvalue weighted by Gasteiger charge is 2.31. The third-order valence-corrected chi connectivity index (χ3v) is 6.01. The molecule has 0 saturated heterocycles. The summed E-state index contributed by atoms with van der Waals surface area (Å²) >= 11 is 3.37. The molecule has 1 aliphatic rings. The summed E-state index contributed by atoms with van der Waals surface area (Å²) in [5, 5.41) is 2.95. The van der Waals surface area contributed by atoms with Crippen molar-refractivity contribution in [1.82, 2.24) is 5.32 Å². The fourth-order valence-electron chi connectivity index (χ4n) is 3.83. The molecule has 0 saturated carbocycles. The number of methoxy groups -OCH3 is 1. The van der Waals surface area contributed by atoms with Gasteiger partial charge in [-0.25, -0.2) is 0 Å². The van der Waals surface area contributed by atoms with Crippen LogP contribution in [0.5, 0.6) is 5.75 Å². The average molecular weight is 479 g/mol. The number of hydrogen-bond acceptors (Lipinski definition) is 3. The van der Waals surface area contributed by atoms with Gasteiger partial charge in [0, 0.05) is 33.9 Å².